The lowest BCUT2D eigenvalue weighted by Gasteiger charge is -2.17. The molecule has 0 amide bonds. The summed E-state index contributed by atoms with van der Waals surface area (Å²) in [5.41, 5.74) is 1.24. The summed E-state index contributed by atoms with van der Waals surface area (Å²) >= 11 is 0. The van der Waals surface area contributed by atoms with Gasteiger partial charge in [-0.15, -0.1) is 5.10 Å². The Morgan fingerprint density at radius 1 is 1.30 bits per heavy atom. The van der Waals surface area contributed by atoms with Crippen molar-refractivity contribution in [3.8, 4) is 17.0 Å². The van der Waals surface area contributed by atoms with E-state index in [0.29, 0.717) is 16.6 Å². The molecule has 0 saturated heterocycles. The van der Waals surface area contributed by atoms with E-state index in [-0.39, 0.29) is 6.17 Å². The van der Waals surface area contributed by atoms with Gasteiger partial charge >= 0.3 is 6.18 Å². The largest absolute Gasteiger partial charge is 0.463 e. The minimum absolute atomic E-state index is 0.0516. The number of nitrogens with zero attached hydrogens (tertiary/aromatic N) is 4. The molecule has 3 heterocycles. The van der Waals surface area contributed by atoms with Crippen LogP contribution in [0.15, 0.2) is 36.8 Å². The van der Waals surface area contributed by atoms with E-state index in [9.17, 15) is 17.6 Å². The van der Waals surface area contributed by atoms with E-state index in [1.54, 1.807) is 12.1 Å². The zero-order chi connectivity index (χ0) is 17.5. The van der Waals surface area contributed by atoms with Gasteiger partial charge in [0, 0.05) is 18.0 Å². The van der Waals surface area contributed by atoms with Crippen molar-refractivity contribution in [1.29, 1.82) is 0 Å². The number of ether oxygens (including phenoxy) is 1. The van der Waals surface area contributed by atoms with Gasteiger partial charge in [0.15, 0.2) is 11.9 Å². The first-order valence-corrected chi connectivity index (χ1v) is 6.46. The molecule has 3 rings (SSSR count). The van der Waals surface area contributed by atoms with Crippen molar-refractivity contribution in [3.63, 3.8) is 0 Å². The van der Waals surface area contributed by atoms with Gasteiger partial charge in [-0.2, -0.15) is 13.2 Å². The van der Waals surface area contributed by atoms with Crippen molar-refractivity contribution < 1.29 is 23.7 Å². The highest BCUT2D eigenvalue weighted by molar-refractivity contribution is 5.67. The van der Waals surface area contributed by atoms with Crippen molar-refractivity contribution in [2.45, 2.75) is 19.2 Å². The predicted octanol–water partition coefficient (Wildman–Crippen LogP) is 3.26. The number of alkyl halides is 3. The van der Waals surface area contributed by atoms with Gasteiger partial charge < -0.3 is 4.74 Å². The molecule has 3 aromatic heterocycles. The fraction of sp³-hybridized carbons (Fsp3) is 0.214. The third-order valence-electron chi connectivity index (χ3n) is 3.13. The zero-order valence-corrected chi connectivity index (χ0v) is 11.7. The summed E-state index contributed by atoms with van der Waals surface area (Å²) in [6.45, 7) is 0.769. The maximum absolute atomic E-state index is 14.0. The van der Waals surface area contributed by atoms with E-state index in [1.165, 1.54) is 16.9 Å². The Bertz CT molecular complexity index is 896. The van der Waals surface area contributed by atoms with Gasteiger partial charge in [-0.1, -0.05) is 5.21 Å². The smallest absolute Gasteiger partial charge is 0.425 e. The molecule has 0 aromatic carbocycles. The second kappa shape index (κ2) is 5.49. The third kappa shape index (κ3) is 3.08. The van der Waals surface area contributed by atoms with Gasteiger partial charge in [0.25, 0.3) is 5.88 Å². The summed E-state index contributed by atoms with van der Waals surface area (Å²) in [6.07, 6.45) is -4.11. The van der Waals surface area contributed by atoms with E-state index < -0.39 is 24.0 Å². The highest BCUT2D eigenvalue weighted by Gasteiger charge is 2.38. The number of hydrogen-bond acceptors (Lipinski definition) is 4. The van der Waals surface area contributed by atoms with E-state index in [2.05, 4.69) is 20.0 Å². The average Bonchev–Trinajstić information content (AvgIpc) is 2.89. The number of rotatable bonds is 3. The first kappa shape index (κ1) is 13.9. The first-order valence-electron chi connectivity index (χ1n) is 6.96. The van der Waals surface area contributed by atoms with E-state index in [4.69, 9.17) is 1.37 Å². The van der Waals surface area contributed by atoms with Crippen molar-refractivity contribution in [2.75, 3.05) is 0 Å². The fourth-order valence-electron chi connectivity index (χ4n) is 1.86. The van der Waals surface area contributed by atoms with Gasteiger partial charge in [-0.3, -0.25) is 0 Å². The van der Waals surface area contributed by atoms with Crippen LogP contribution >= 0.6 is 0 Å². The average molecular weight is 327 g/mol. The molecule has 0 N–H and O–H groups in total. The van der Waals surface area contributed by atoms with Crippen LogP contribution in [-0.4, -0.2) is 32.1 Å². The van der Waals surface area contributed by atoms with Gasteiger partial charge in [0.2, 0.25) is 0 Å². The quantitative estimate of drug-likeness (QED) is 0.693. The molecule has 0 fully saturated rings. The summed E-state index contributed by atoms with van der Waals surface area (Å²) in [5, 5.41) is 7.28. The van der Waals surface area contributed by atoms with E-state index >= 15 is 0 Å². The van der Waals surface area contributed by atoms with Crippen LogP contribution in [0.1, 0.15) is 8.29 Å². The molecular weight excluding hydrogens is 316 g/mol. The lowest BCUT2D eigenvalue weighted by Crippen LogP contribution is -2.31. The number of fused-ring (bicyclic) bond motifs is 1. The summed E-state index contributed by atoms with van der Waals surface area (Å²) in [4.78, 5) is 3.62. The number of pyridine rings is 2. The SMILES string of the molecule is [2H]c1nnn2ccc(-c3cnc(O[C@H](C)C(F)(F)F)c(F)c3)cc12. The van der Waals surface area contributed by atoms with Crippen LogP contribution in [0.2, 0.25) is 0 Å². The Morgan fingerprint density at radius 3 is 2.78 bits per heavy atom. The number of aromatic nitrogens is 4. The van der Waals surface area contributed by atoms with Crippen molar-refractivity contribution in [1.82, 2.24) is 19.8 Å². The molecule has 1 atom stereocenters. The molecule has 0 spiro atoms. The molecule has 9 heteroatoms. The molecule has 5 nitrogen and oxygen atoms in total. The van der Waals surface area contributed by atoms with Crippen molar-refractivity contribution in [2.24, 2.45) is 0 Å². The lowest BCUT2D eigenvalue weighted by molar-refractivity contribution is -0.190. The van der Waals surface area contributed by atoms with E-state index in [1.807, 2.05) is 0 Å². The van der Waals surface area contributed by atoms with Gasteiger partial charge in [-0.05, 0) is 30.7 Å². The fourth-order valence-corrected chi connectivity index (χ4v) is 1.86. The number of halogens is 4. The van der Waals surface area contributed by atoms with Gasteiger partial charge in [-0.25, -0.2) is 13.9 Å². The van der Waals surface area contributed by atoms with Crippen molar-refractivity contribution in [3.05, 3.63) is 42.6 Å². The third-order valence-corrected chi connectivity index (χ3v) is 3.13. The summed E-state index contributed by atoms with van der Waals surface area (Å²) in [5.74, 6) is -1.74. The van der Waals surface area contributed by atoms with Gasteiger partial charge in [0.1, 0.15) is 0 Å². The Morgan fingerprint density at radius 2 is 2.09 bits per heavy atom. The molecule has 0 unspecified atom stereocenters. The molecule has 0 aliphatic carbocycles. The lowest BCUT2D eigenvalue weighted by atomic mass is 10.1. The van der Waals surface area contributed by atoms with E-state index in [0.717, 1.165) is 13.0 Å². The highest BCUT2D eigenvalue weighted by Crippen LogP contribution is 2.28. The molecule has 0 radical (unpaired) electrons. The molecule has 0 aliphatic rings. The monoisotopic (exact) mass is 327 g/mol. The highest BCUT2D eigenvalue weighted by atomic mass is 19.4. The van der Waals surface area contributed by atoms with Crippen LogP contribution in [0, 0.1) is 5.82 Å². The van der Waals surface area contributed by atoms with Crippen LogP contribution in [0.25, 0.3) is 16.6 Å². The minimum atomic E-state index is -4.61. The standard InChI is InChI=1S/C14H10F4N4O/c1-8(14(16,17)18)23-13-12(15)5-10(6-19-13)9-2-3-22-11(4-9)7-20-21-22/h2-8H,1H3/t8-/m1/s1/i7D. The maximum atomic E-state index is 14.0. The second-order valence-corrected chi connectivity index (χ2v) is 4.76. The van der Waals surface area contributed by atoms with Crippen LogP contribution in [0.5, 0.6) is 5.88 Å². The molecular formula is C14H10F4N4O. The van der Waals surface area contributed by atoms with Crippen LogP contribution in [0.3, 0.4) is 0 Å². The molecule has 120 valence electrons. The van der Waals surface area contributed by atoms with Crippen LogP contribution < -0.4 is 4.74 Å². The number of hydrogen-bond donors (Lipinski definition) is 0. The Hall–Kier alpha value is -2.71. The maximum Gasteiger partial charge on any atom is 0.425 e. The first-order chi connectivity index (χ1) is 11.3. The Labute approximate surface area is 128 Å². The van der Waals surface area contributed by atoms with Crippen LogP contribution in [0.4, 0.5) is 17.6 Å². The predicted molar refractivity (Wildman–Crippen MR) is 72.3 cm³/mol. The molecule has 3 aromatic rings. The normalized spacial score (nSPS) is 13.9. The molecule has 0 aliphatic heterocycles. The summed E-state index contributed by atoms with van der Waals surface area (Å²) < 4.78 is 64.9. The topological polar surface area (TPSA) is 52.3 Å². The summed E-state index contributed by atoms with van der Waals surface area (Å²) in [6, 6.07) is 4.17. The molecule has 0 bridgehead atoms. The molecule has 0 saturated carbocycles. The molecule has 23 heavy (non-hydrogen) atoms. The Balaban J connectivity index is 1.92. The van der Waals surface area contributed by atoms with Crippen LogP contribution in [-0.2, 0) is 0 Å². The zero-order valence-electron chi connectivity index (χ0n) is 12.7. The minimum Gasteiger partial charge on any atom is -0.463 e. The van der Waals surface area contributed by atoms with Crippen molar-refractivity contribution >= 4 is 5.52 Å². The van der Waals surface area contributed by atoms with Gasteiger partial charge in [0.05, 0.1) is 13.1 Å². The summed E-state index contributed by atoms with van der Waals surface area (Å²) in [7, 11) is 0. The second-order valence-electron chi connectivity index (χ2n) is 4.76. The Kier molecular flexibility index (Phi) is 3.32.